The summed E-state index contributed by atoms with van der Waals surface area (Å²) in [7, 11) is 1.81. The standard InChI is InChI=1S/C15H20NO2.C8H4F3N2.Mn/c1-17-14-6-4-8-16(10-14)13-9-12-5-2-3-7-15(12)18-11-13;9-8(10,11)7-12-5-3-1-2-4-6(5)13-7;/h2-3,5,7,9,13-14H,4,6,8,10-11H2,1H3;1-3H,(H,12,13);/q2*-1;+2/t13-,14+;;/m1../s1. The first kappa shape index (κ1) is 24.5. The van der Waals surface area contributed by atoms with E-state index in [4.69, 9.17) is 9.47 Å². The van der Waals surface area contributed by atoms with Crippen molar-refractivity contribution in [3.05, 3.63) is 66.3 Å². The Bertz CT molecular complexity index is 978. The number of methoxy groups -OCH3 is 1. The molecular formula is C23H24F3MnN3O2. The van der Waals surface area contributed by atoms with Gasteiger partial charge in [0.25, 0.3) is 0 Å². The number of aromatic amines is 1. The number of fused-ring (bicyclic) bond motifs is 2. The monoisotopic (exact) mass is 486 g/mol. The summed E-state index contributed by atoms with van der Waals surface area (Å²) < 4.78 is 47.7. The van der Waals surface area contributed by atoms with E-state index < -0.39 is 12.0 Å². The Morgan fingerprint density at radius 3 is 2.81 bits per heavy atom. The summed E-state index contributed by atoms with van der Waals surface area (Å²) in [6.45, 7) is 2.92. The van der Waals surface area contributed by atoms with Gasteiger partial charge in [-0.3, -0.25) is 4.98 Å². The normalized spacial score (nSPS) is 20.8. The van der Waals surface area contributed by atoms with Gasteiger partial charge in [-0.1, -0.05) is 12.1 Å². The van der Waals surface area contributed by atoms with Gasteiger partial charge in [-0.25, -0.2) is 0 Å². The van der Waals surface area contributed by atoms with Gasteiger partial charge in [0, 0.05) is 25.4 Å². The fourth-order valence-electron chi connectivity index (χ4n) is 3.87. The van der Waals surface area contributed by atoms with Crippen LogP contribution in [-0.2, 0) is 28.0 Å². The van der Waals surface area contributed by atoms with Crippen LogP contribution in [0.3, 0.4) is 0 Å². The molecule has 1 radical (unpaired) electrons. The van der Waals surface area contributed by atoms with Crippen LogP contribution in [0, 0.1) is 12.5 Å². The van der Waals surface area contributed by atoms with Gasteiger partial charge in [-0.05, 0) is 30.4 Å². The molecule has 3 heterocycles. The van der Waals surface area contributed by atoms with Crippen molar-refractivity contribution in [3.63, 3.8) is 0 Å². The van der Waals surface area contributed by atoms with Gasteiger partial charge < -0.3 is 19.4 Å². The SMILES string of the molecule is CO[C@H]1CCCN([C@@H]2[CH-]c3ccccc3OC2)C1.FC(F)(F)c1nc2ccc[c-]c2[nH]1.[Mn+2]. The number of hydrogen-bond donors (Lipinski definition) is 1. The van der Waals surface area contributed by atoms with Gasteiger partial charge in [-0.15, -0.1) is 17.7 Å². The third kappa shape index (κ3) is 5.78. The molecule has 0 amide bonds. The van der Waals surface area contributed by atoms with E-state index in [1.165, 1.54) is 30.5 Å². The second kappa shape index (κ2) is 10.6. The first-order chi connectivity index (χ1) is 14.9. The minimum Gasteiger partial charge on any atom is -0.550 e. The molecule has 2 aromatic carbocycles. The number of nitrogens with zero attached hydrogens (tertiary/aromatic N) is 2. The van der Waals surface area contributed by atoms with Crippen molar-refractivity contribution in [1.29, 1.82) is 0 Å². The van der Waals surface area contributed by atoms with Crippen molar-refractivity contribution in [2.24, 2.45) is 0 Å². The quantitative estimate of drug-likeness (QED) is 0.429. The van der Waals surface area contributed by atoms with E-state index >= 15 is 0 Å². The van der Waals surface area contributed by atoms with Crippen LogP contribution in [0.1, 0.15) is 24.2 Å². The predicted octanol–water partition coefficient (Wildman–Crippen LogP) is 4.49. The number of imidazole rings is 1. The van der Waals surface area contributed by atoms with Crippen LogP contribution in [0.4, 0.5) is 13.2 Å². The molecule has 1 N–H and O–H groups in total. The van der Waals surface area contributed by atoms with Gasteiger partial charge in [-0.2, -0.15) is 43.9 Å². The first-order valence-electron chi connectivity index (χ1n) is 10.2. The zero-order chi connectivity index (χ0) is 21.8. The molecule has 0 saturated carbocycles. The molecule has 32 heavy (non-hydrogen) atoms. The topological polar surface area (TPSA) is 50.4 Å². The number of rotatable bonds is 2. The average molecular weight is 486 g/mol. The van der Waals surface area contributed by atoms with E-state index in [0.29, 0.717) is 12.1 Å². The molecule has 9 heteroatoms. The van der Waals surface area contributed by atoms with Crippen LogP contribution in [0.2, 0.25) is 0 Å². The van der Waals surface area contributed by atoms with Crippen LogP contribution in [0.15, 0.2) is 42.5 Å². The largest absolute Gasteiger partial charge is 2.00 e. The van der Waals surface area contributed by atoms with Crippen LogP contribution in [0.25, 0.3) is 11.0 Å². The predicted molar refractivity (Wildman–Crippen MR) is 111 cm³/mol. The van der Waals surface area contributed by atoms with Crippen molar-refractivity contribution >= 4 is 11.0 Å². The van der Waals surface area contributed by atoms with Crippen molar-refractivity contribution < 1.29 is 39.7 Å². The molecule has 1 aromatic heterocycles. The van der Waals surface area contributed by atoms with Crippen LogP contribution < -0.4 is 4.74 Å². The number of aromatic nitrogens is 2. The summed E-state index contributed by atoms with van der Waals surface area (Å²) in [5.74, 6) is 0.0269. The number of halogens is 3. The third-order valence-electron chi connectivity index (χ3n) is 5.49. The number of piperidine rings is 1. The zero-order valence-corrected chi connectivity index (χ0v) is 18.7. The van der Waals surface area contributed by atoms with Crippen LogP contribution >= 0.6 is 0 Å². The van der Waals surface area contributed by atoms with E-state index in [1.807, 2.05) is 19.2 Å². The number of para-hydroxylation sites is 2. The summed E-state index contributed by atoms with van der Waals surface area (Å²) in [5, 5.41) is 0. The maximum Gasteiger partial charge on any atom is 2.00 e. The maximum atomic E-state index is 12.1. The molecule has 2 atom stereocenters. The Morgan fingerprint density at radius 2 is 2.06 bits per heavy atom. The fourth-order valence-corrected chi connectivity index (χ4v) is 3.87. The summed E-state index contributed by atoms with van der Waals surface area (Å²) in [6.07, 6.45) is 0.676. The van der Waals surface area contributed by atoms with E-state index in [2.05, 4.69) is 39.5 Å². The second-order valence-electron chi connectivity index (χ2n) is 7.59. The minimum atomic E-state index is -4.42. The van der Waals surface area contributed by atoms with Gasteiger partial charge in [0.1, 0.15) is 0 Å². The third-order valence-corrected chi connectivity index (χ3v) is 5.49. The second-order valence-corrected chi connectivity index (χ2v) is 7.59. The molecule has 3 aromatic rings. The number of ether oxygens (including phenoxy) is 2. The molecule has 0 unspecified atom stereocenters. The molecule has 5 nitrogen and oxygen atoms in total. The first-order valence-corrected chi connectivity index (χ1v) is 10.2. The summed E-state index contributed by atoms with van der Waals surface area (Å²) in [5.41, 5.74) is 1.76. The number of hydrogen-bond acceptors (Lipinski definition) is 4. The number of H-pyrrole nitrogens is 1. The van der Waals surface area contributed by atoms with Gasteiger partial charge in [0.2, 0.25) is 0 Å². The molecule has 5 rings (SSSR count). The molecule has 0 spiro atoms. The van der Waals surface area contributed by atoms with E-state index in [0.717, 1.165) is 25.4 Å². The van der Waals surface area contributed by atoms with E-state index in [-0.39, 0.29) is 28.1 Å². The number of nitrogens with one attached hydrogen (secondary N) is 1. The molecule has 171 valence electrons. The Hall–Kier alpha value is -2.19. The number of benzene rings is 2. The van der Waals surface area contributed by atoms with Crippen molar-refractivity contribution in [1.82, 2.24) is 14.9 Å². The molecule has 0 bridgehead atoms. The number of alkyl halides is 3. The summed E-state index contributed by atoms with van der Waals surface area (Å²) >= 11 is 0. The molecule has 1 saturated heterocycles. The van der Waals surface area contributed by atoms with Crippen LogP contribution in [-0.4, -0.2) is 53.8 Å². The number of likely N-dealkylation sites (tertiary alicyclic amines) is 1. The van der Waals surface area contributed by atoms with Crippen molar-refractivity contribution in [3.8, 4) is 5.75 Å². The molecule has 1 fully saturated rings. The minimum absolute atomic E-state index is 0. The van der Waals surface area contributed by atoms with E-state index in [1.54, 1.807) is 6.07 Å². The van der Waals surface area contributed by atoms with Gasteiger partial charge in [0.05, 0.1) is 12.7 Å². The molecule has 2 aliphatic heterocycles. The van der Waals surface area contributed by atoms with Crippen LogP contribution in [0.5, 0.6) is 5.75 Å². The molecule has 0 aliphatic carbocycles. The Balaban J connectivity index is 0.000000184. The summed E-state index contributed by atoms with van der Waals surface area (Å²) in [4.78, 5) is 8.00. The Labute approximate surface area is 195 Å². The Kier molecular flexibility index (Phi) is 8.11. The van der Waals surface area contributed by atoms with Crippen molar-refractivity contribution in [2.45, 2.75) is 31.2 Å². The smallest absolute Gasteiger partial charge is 0.550 e. The zero-order valence-electron chi connectivity index (χ0n) is 17.5. The fraction of sp³-hybridized carbons (Fsp3) is 0.391. The van der Waals surface area contributed by atoms with E-state index in [9.17, 15) is 13.2 Å². The van der Waals surface area contributed by atoms with Gasteiger partial charge in [0.15, 0.2) is 5.82 Å². The Morgan fingerprint density at radius 1 is 1.25 bits per heavy atom. The maximum absolute atomic E-state index is 12.1. The summed E-state index contributed by atoms with van der Waals surface area (Å²) in [6, 6.07) is 15.9. The van der Waals surface area contributed by atoms with Crippen molar-refractivity contribution in [2.75, 3.05) is 26.8 Å². The van der Waals surface area contributed by atoms with Gasteiger partial charge >= 0.3 is 23.2 Å². The molecule has 2 aliphatic rings. The molecular weight excluding hydrogens is 462 g/mol. The average Bonchev–Trinajstić information content (AvgIpc) is 3.24.